The van der Waals surface area contributed by atoms with Gasteiger partial charge >= 0.3 is 5.97 Å². The molecule has 2 aromatic heterocycles. The van der Waals surface area contributed by atoms with Crippen molar-refractivity contribution < 1.29 is 14.3 Å². The van der Waals surface area contributed by atoms with Crippen LogP contribution in [0.4, 0.5) is 0 Å². The predicted octanol–water partition coefficient (Wildman–Crippen LogP) is 3.40. The van der Waals surface area contributed by atoms with E-state index in [0.29, 0.717) is 23.9 Å². The Labute approximate surface area is 147 Å². The minimum atomic E-state index is -0.428. The van der Waals surface area contributed by atoms with Gasteiger partial charge in [-0.25, -0.2) is 9.78 Å². The van der Waals surface area contributed by atoms with Crippen LogP contribution in [0.1, 0.15) is 15.9 Å². The lowest BCUT2D eigenvalue weighted by atomic mass is 10.2. The van der Waals surface area contributed by atoms with Crippen LogP contribution in [-0.4, -0.2) is 27.8 Å². The zero-order valence-electron chi connectivity index (χ0n) is 12.8. The monoisotopic (exact) mass is 387 g/mol. The number of carbonyl (C=O) groups excluding carboxylic acids is 1. The Morgan fingerprint density at radius 3 is 2.71 bits per heavy atom. The second kappa shape index (κ2) is 7.27. The molecule has 122 valence electrons. The van der Waals surface area contributed by atoms with Gasteiger partial charge in [-0.1, -0.05) is 28.1 Å². The van der Waals surface area contributed by atoms with Gasteiger partial charge in [0.25, 0.3) is 0 Å². The number of hydrogen-bond donors (Lipinski definition) is 0. The molecule has 2 heterocycles. The molecule has 0 saturated heterocycles. The largest absolute Gasteiger partial charge is 0.473 e. The van der Waals surface area contributed by atoms with E-state index in [2.05, 4.69) is 26.0 Å². The quantitative estimate of drug-likeness (QED) is 0.627. The van der Waals surface area contributed by atoms with Gasteiger partial charge in [0.05, 0.1) is 18.9 Å². The van der Waals surface area contributed by atoms with Crippen molar-refractivity contribution >= 4 is 21.9 Å². The van der Waals surface area contributed by atoms with Gasteiger partial charge in [0.15, 0.2) is 5.82 Å². The van der Waals surface area contributed by atoms with E-state index in [4.69, 9.17) is 9.47 Å². The van der Waals surface area contributed by atoms with Crippen molar-refractivity contribution in [1.29, 1.82) is 0 Å². The van der Waals surface area contributed by atoms with E-state index >= 15 is 0 Å². The van der Waals surface area contributed by atoms with E-state index in [0.717, 1.165) is 10.0 Å². The molecule has 0 unspecified atom stereocenters. The van der Waals surface area contributed by atoms with Crippen molar-refractivity contribution in [2.45, 2.75) is 6.61 Å². The molecule has 3 rings (SSSR count). The van der Waals surface area contributed by atoms with Gasteiger partial charge in [0.2, 0.25) is 5.88 Å². The van der Waals surface area contributed by atoms with E-state index in [1.165, 1.54) is 18.0 Å². The van der Waals surface area contributed by atoms with Gasteiger partial charge in [0, 0.05) is 16.7 Å². The number of rotatable bonds is 5. The van der Waals surface area contributed by atoms with Gasteiger partial charge in [-0.15, -0.1) is 0 Å². The highest BCUT2D eigenvalue weighted by Crippen LogP contribution is 2.18. The third-order valence-corrected chi connectivity index (χ3v) is 3.82. The van der Waals surface area contributed by atoms with Crippen LogP contribution >= 0.6 is 15.9 Å². The smallest absolute Gasteiger partial charge is 0.338 e. The first-order chi connectivity index (χ1) is 11.7. The van der Waals surface area contributed by atoms with Crippen LogP contribution in [0, 0.1) is 0 Å². The molecular formula is C17H14BrN3O3. The summed E-state index contributed by atoms with van der Waals surface area (Å²) in [4.78, 5) is 15.9. The van der Waals surface area contributed by atoms with Crippen LogP contribution in [0.3, 0.4) is 0 Å². The zero-order valence-corrected chi connectivity index (χ0v) is 14.4. The van der Waals surface area contributed by atoms with Crippen LogP contribution in [0.2, 0.25) is 0 Å². The number of halogens is 1. The maximum absolute atomic E-state index is 11.6. The number of benzene rings is 1. The Balaban J connectivity index is 1.80. The maximum Gasteiger partial charge on any atom is 0.338 e. The number of carbonyl (C=O) groups is 1. The highest BCUT2D eigenvalue weighted by molar-refractivity contribution is 9.10. The van der Waals surface area contributed by atoms with E-state index < -0.39 is 5.97 Å². The number of hydrogen-bond acceptors (Lipinski definition) is 5. The Kier molecular flexibility index (Phi) is 4.90. The fourth-order valence-corrected chi connectivity index (χ4v) is 2.35. The fraction of sp³-hybridized carbons (Fsp3) is 0.118. The average molecular weight is 388 g/mol. The first kappa shape index (κ1) is 16.2. The van der Waals surface area contributed by atoms with Gasteiger partial charge in [-0.05, 0) is 29.8 Å². The van der Waals surface area contributed by atoms with Crippen LogP contribution in [0.25, 0.3) is 5.82 Å². The fourth-order valence-electron chi connectivity index (χ4n) is 2.09. The van der Waals surface area contributed by atoms with Crippen molar-refractivity contribution in [1.82, 2.24) is 14.8 Å². The zero-order chi connectivity index (χ0) is 16.9. The molecule has 24 heavy (non-hydrogen) atoms. The first-order valence-electron chi connectivity index (χ1n) is 7.13. The summed E-state index contributed by atoms with van der Waals surface area (Å²) in [6.45, 7) is 0.398. The molecule has 6 nitrogen and oxygen atoms in total. The van der Waals surface area contributed by atoms with E-state index in [1.807, 2.05) is 24.3 Å². The maximum atomic E-state index is 11.6. The Morgan fingerprint density at radius 1 is 1.17 bits per heavy atom. The summed E-state index contributed by atoms with van der Waals surface area (Å²) >= 11 is 3.40. The van der Waals surface area contributed by atoms with Crippen molar-refractivity contribution in [3.05, 3.63) is 70.5 Å². The van der Waals surface area contributed by atoms with Crippen molar-refractivity contribution in [3.8, 4) is 11.7 Å². The summed E-state index contributed by atoms with van der Waals surface area (Å²) in [7, 11) is 1.34. The van der Waals surface area contributed by atoms with Gasteiger partial charge in [0.1, 0.15) is 6.61 Å². The number of esters is 1. The highest BCUT2D eigenvalue weighted by Gasteiger charge is 2.11. The van der Waals surface area contributed by atoms with Gasteiger partial charge < -0.3 is 9.47 Å². The molecule has 1 aromatic carbocycles. The molecule has 0 fully saturated rings. The van der Waals surface area contributed by atoms with Crippen LogP contribution in [0.15, 0.2) is 59.3 Å². The molecule has 0 amide bonds. The number of methoxy groups -OCH3 is 1. The molecule has 0 bridgehead atoms. The molecule has 0 N–H and O–H groups in total. The molecule has 0 radical (unpaired) electrons. The third-order valence-electron chi connectivity index (χ3n) is 3.29. The van der Waals surface area contributed by atoms with Crippen molar-refractivity contribution in [3.63, 3.8) is 0 Å². The lowest BCUT2D eigenvalue weighted by Crippen LogP contribution is -2.07. The van der Waals surface area contributed by atoms with Crippen molar-refractivity contribution in [2.75, 3.05) is 7.11 Å². The molecule has 0 aliphatic rings. The first-order valence-corrected chi connectivity index (χ1v) is 7.92. The summed E-state index contributed by atoms with van der Waals surface area (Å²) in [5, 5.41) is 4.21. The summed E-state index contributed by atoms with van der Waals surface area (Å²) in [5.41, 5.74) is 1.43. The number of aromatic nitrogens is 3. The standard InChI is InChI=1S/C17H14BrN3O3/c1-23-17(22)13-6-8-19-15(10-13)21-16(7-9-20-21)24-11-12-2-4-14(18)5-3-12/h2-10H,11H2,1H3. The van der Waals surface area contributed by atoms with Crippen molar-refractivity contribution in [2.24, 2.45) is 0 Å². The summed E-state index contributed by atoms with van der Waals surface area (Å²) < 4.78 is 13.1. The lowest BCUT2D eigenvalue weighted by Gasteiger charge is -2.09. The Morgan fingerprint density at radius 2 is 1.96 bits per heavy atom. The molecule has 0 saturated carbocycles. The average Bonchev–Trinajstić information content (AvgIpc) is 3.09. The topological polar surface area (TPSA) is 66.2 Å². The highest BCUT2D eigenvalue weighted by atomic mass is 79.9. The molecular weight excluding hydrogens is 374 g/mol. The summed E-state index contributed by atoms with van der Waals surface area (Å²) in [6, 6.07) is 12.8. The van der Waals surface area contributed by atoms with Gasteiger partial charge in [-0.3, -0.25) is 0 Å². The molecule has 0 aliphatic carbocycles. The molecule has 0 atom stereocenters. The van der Waals surface area contributed by atoms with Crippen LogP contribution in [0.5, 0.6) is 5.88 Å². The normalized spacial score (nSPS) is 10.4. The Bertz CT molecular complexity index is 846. The number of nitrogens with zero attached hydrogens (tertiary/aromatic N) is 3. The second-order valence-corrected chi connectivity index (χ2v) is 5.81. The predicted molar refractivity (Wildman–Crippen MR) is 91.2 cm³/mol. The molecule has 0 spiro atoms. The second-order valence-electron chi connectivity index (χ2n) is 4.89. The molecule has 0 aliphatic heterocycles. The summed E-state index contributed by atoms with van der Waals surface area (Å²) in [6.07, 6.45) is 3.14. The van der Waals surface area contributed by atoms with E-state index in [1.54, 1.807) is 24.4 Å². The lowest BCUT2D eigenvalue weighted by molar-refractivity contribution is 0.0600. The minimum absolute atomic E-state index is 0.398. The van der Waals surface area contributed by atoms with E-state index in [-0.39, 0.29) is 0 Å². The van der Waals surface area contributed by atoms with Crippen LogP contribution < -0.4 is 4.74 Å². The molecule has 7 heteroatoms. The van der Waals surface area contributed by atoms with E-state index in [9.17, 15) is 4.79 Å². The Hall–Kier alpha value is -2.67. The molecule has 3 aromatic rings. The van der Waals surface area contributed by atoms with Crippen LogP contribution in [-0.2, 0) is 11.3 Å². The van der Waals surface area contributed by atoms with Gasteiger partial charge in [-0.2, -0.15) is 9.78 Å². The number of ether oxygens (including phenoxy) is 2. The third kappa shape index (κ3) is 3.62. The number of pyridine rings is 1. The summed E-state index contributed by atoms with van der Waals surface area (Å²) in [5.74, 6) is 0.587. The SMILES string of the molecule is COC(=O)c1ccnc(-n2nccc2OCc2ccc(Br)cc2)c1. The minimum Gasteiger partial charge on any atom is -0.473 e.